The van der Waals surface area contributed by atoms with Crippen LogP contribution in [0.1, 0.15) is 0 Å². The zero-order chi connectivity index (χ0) is 12.4. The highest BCUT2D eigenvalue weighted by atomic mass is 16.5. The number of hydrogen-bond acceptors (Lipinski definition) is 6. The molecule has 0 aliphatic carbocycles. The second kappa shape index (κ2) is 4.69. The molecule has 0 unspecified atom stereocenters. The molecule has 0 bridgehead atoms. The standard InChI is InChI=1S/C11H14N6O/c1-16-11(17-4-6-18-7-5-17)14-10(15-16)9-2-3-12-13-8-9/h2-3,8H,4-7H2,1H3. The lowest BCUT2D eigenvalue weighted by atomic mass is 10.3. The Kier molecular flexibility index (Phi) is 2.89. The first-order chi connectivity index (χ1) is 8.84. The molecule has 0 N–H and O–H groups in total. The average Bonchev–Trinajstić information content (AvgIpc) is 2.83. The van der Waals surface area contributed by atoms with Gasteiger partial charge in [0.15, 0.2) is 5.82 Å². The lowest BCUT2D eigenvalue weighted by Crippen LogP contribution is -2.37. The number of anilines is 1. The molecule has 1 aliphatic rings. The van der Waals surface area contributed by atoms with Crippen molar-refractivity contribution in [2.75, 3.05) is 31.2 Å². The second-order valence-corrected chi connectivity index (χ2v) is 4.09. The van der Waals surface area contributed by atoms with Gasteiger partial charge in [-0.3, -0.25) is 0 Å². The number of aryl methyl sites for hydroxylation is 1. The highest BCUT2D eigenvalue weighted by Gasteiger charge is 2.18. The van der Waals surface area contributed by atoms with Crippen LogP contribution in [0.3, 0.4) is 0 Å². The van der Waals surface area contributed by atoms with Gasteiger partial charge in [0.1, 0.15) is 0 Å². The van der Waals surface area contributed by atoms with E-state index in [0.717, 1.165) is 37.8 Å². The van der Waals surface area contributed by atoms with Gasteiger partial charge in [0.25, 0.3) is 0 Å². The SMILES string of the molecule is Cn1nc(-c2ccnnc2)nc1N1CCOCC1. The highest BCUT2D eigenvalue weighted by molar-refractivity contribution is 5.54. The summed E-state index contributed by atoms with van der Waals surface area (Å²) in [6.45, 7) is 3.17. The smallest absolute Gasteiger partial charge is 0.224 e. The molecule has 1 saturated heterocycles. The molecule has 3 heterocycles. The van der Waals surface area contributed by atoms with E-state index in [2.05, 4.69) is 25.2 Å². The molecule has 2 aromatic rings. The fraction of sp³-hybridized carbons (Fsp3) is 0.455. The Morgan fingerprint density at radius 3 is 2.78 bits per heavy atom. The summed E-state index contributed by atoms with van der Waals surface area (Å²) < 4.78 is 7.13. The molecule has 1 aliphatic heterocycles. The van der Waals surface area contributed by atoms with E-state index >= 15 is 0 Å². The first kappa shape index (κ1) is 11.1. The van der Waals surface area contributed by atoms with Gasteiger partial charge in [0.05, 0.1) is 25.6 Å². The van der Waals surface area contributed by atoms with Crippen molar-refractivity contribution >= 4 is 5.95 Å². The van der Waals surface area contributed by atoms with E-state index in [1.807, 2.05) is 13.1 Å². The third-order valence-electron chi connectivity index (χ3n) is 2.88. The van der Waals surface area contributed by atoms with Crippen molar-refractivity contribution in [3.8, 4) is 11.4 Å². The van der Waals surface area contributed by atoms with Crippen molar-refractivity contribution in [3.05, 3.63) is 18.5 Å². The molecule has 0 radical (unpaired) electrons. The minimum absolute atomic E-state index is 0.675. The van der Waals surface area contributed by atoms with Crippen molar-refractivity contribution in [2.45, 2.75) is 0 Å². The Balaban J connectivity index is 1.91. The molecule has 7 heteroatoms. The van der Waals surface area contributed by atoms with E-state index in [1.54, 1.807) is 17.1 Å². The van der Waals surface area contributed by atoms with Crippen LogP contribution in [-0.4, -0.2) is 51.3 Å². The van der Waals surface area contributed by atoms with E-state index in [4.69, 9.17) is 4.74 Å². The van der Waals surface area contributed by atoms with Crippen LogP contribution in [-0.2, 0) is 11.8 Å². The molecule has 0 spiro atoms. The number of nitrogens with zero attached hydrogens (tertiary/aromatic N) is 6. The maximum absolute atomic E-state index is 5.34. The lowest BCUT2D eigenvalue weighted by Gasteiger charge is -2.26. The molecule has 3 rings (SSSR count). The van der Waals surface area contributed by atoms with Crippen molar-refractivity contribution < 1.29 is 4.74 Å². The number of aromatic nitrogens is 5. The Bertz CT molecular complexity index is 520. The molecular formula is C11H14N6O. The van der Waals surface area contributed by atoms with Gasteiger partial charge in [0.2, 0.25) is 5.95 Å². The quantitative estimate of drug-likeness (QED) is 0.749. The van der Waals surface area contributed by atoms with Crippen molar-refractivity contribution in [3.63, 3.8) is 0 Å². The van der Waals surface area contributed by atoms with Crippen LogP contribution in [0.2, 0.25) is 0 Å². The minimum atomic E-state index is 0.675. The van der Waals surface area contributed by atoms with Crippen LogP contribution in [0, 0.1) is 0 Å². The van der Waals surface area contributed by atoms with Crippen molar-refractivity contribution in [1.82, 2.24) is 25.0 Å². The van der Waals surface area contributed by atoms with Crippen LogP contribution < -0.4 is 4.90 Å². The van der Waals surface area contributed by atoms with Gasteiger partial charge in [-0.05, 0) is 6.07 Å². The molecular weight excluding hydrogens is 232 g/mol. The number of rotatable bonds is 2. The Morgan fingerprint density at radius 1 is 1.22 bits per heavy atom. The predicted molar refractivity (Wildman–Crippen MR) is 65.1 cm³/mol. The summed E-state index contributed by atoms with van der Waals surface area (Å²) in [5.41, 5.74) is 0.875. The molecule has 0 saturated carbocycles. The average molecular weight is 246 g/mol. The van der Waals surface area contributed by atoms with E-state index in [1.165, 1.54) is 0 Å². The van der Waals surface area contributed by atoms with Gasteiger partial charge in [0, 0.05) is 25.7 Å². The highest BCUT2D eigenvalue weighted by Crippen LogP contribution is 2.18. The summed E-state index contributed by atoms with van der Waals surface area (Å²) >= 11 is 0. The largest absolute Gasteiger partial charge is 0.378 e. The minimum Gasteiger partial charge on any atom is -0.378 e. The van der Waals surface area contributed by atoms with E-state index in [-0.39, 0.29) is 0 Å². The predicted octanol–water partition coefficient (Wildman–Crippen LogP) is 0.109. The Morgan fingerprint density at radius 2 is 2.06 bits per heavy atom. The Hall–Kier alpha value is -2.02. The van der Waals surface area contributed by atoms with Crippen LogP contribution in [0.5, 0.6) is 0 Å². The van der Waals surface area contributed by atoms with E-state index in [9.17, 15) is 0 Å². The first-order valence-corrected chi connectivity index (χ1v) is 5.85. The summed E-state index contributed by atoms with van der Waals surface area (Å²) in [4.78, 5) is 6.73. The monoisotopic (exact) mass is 246 g/mol. The summed E-state index contributed by atoms with van der Waals surface area (Å²) in [6.07, 6.45) is 3.30. The molecule has 0 aromatic carbocycles. The van der Waals surface area contributed by atoms with Gasteiger partial charge in [-0.15, -0.1) is 5.10 Å². The first-order valence-electron chi connectivity index (χ1n) is 5.85. The summed E-state index contributed by atoms with van der Waals surface area (Å²) in [5.74, 6) is 1.54. The number of hydrogen-bond donors (Lipinski definition) is 0. The van der Waals surface area contributed by atoms with Gasteiger partial charge in [-0.25, -0.2) is 4.68 Å². The third kappa shape index (κ3) is 2.04. The summed E-state index contributed by atoms with van der Waals surface area (Å²) in [7, 11) is 1.90. The molecule has 18 heavy (non-hydrogen) atoms. The fourth-order valence-corrected chi connectivity index (χ4v) is 1.96. The molecule has 0 amide bonds. The van der Waals surface area contributed by atoms with E-state index < -0.39 is 0 Å². The fourth-order valence-electron chi connectivity index (χ4n) is 1.96. The zero-order valence-corrected chi connectivity index (χ0v) is 10.2. The Labute approximate surface area is 104 Å². The maximum Gasteiger partial charge on any atom is 0.224 e. The van der Waals surface area contributed by atoms with Crippen LogP contribution in [0.15, 0.2) is 18.5 Å². The van der Waals surface area contributed by atoms with Gasteiger partial charge < -0.3 is 9.64 Å². The number of morpholine rings is 1. The summed E-state index contributed by atoms with van der Waals surface area (Å²) in [5, 5.41) is 12.0. The molecule has 1 fully saturated rings. The zero-order valence-electron chi connectivity index (χ0n) is 10.2. The van der Waals surface area contributed by atoms with Crippen molar-refractivity contribution in [1.29, 1.82) is 0 Å². The van der Waals surface area contributed by atoms with Crippen molar-refractivity contribution in [2.24, 2.45) is 7.05 Å². The van der Waals surface area contributed by atoms with Crippen LogP contribution in [0.4, 0.5) is 5.95 Å². The van der Waals surface area contributed by atoms with E-state index in [0.29, 0.717) is 5.82 Å². The van der Waals surface area contributed by atoms with Crippen LogP contribution in [0.25, 0.3) is 11.4 Å². The van der Waals surface area contributed by atoms with Gasteiger partial charge in [-0.1, -0.05) is 0 Å². The maximum atomic E-state index is 5.34. The molecule has 94 valence electrons. The van der Waals surface area contributed by atoms with Gasteiger partial charge in [-0.2, -0.15) is 15.2 Å². The number of ether oxygens (including phenoxy) is 1. The normalized spacial score (nSPS) is 15.9. The van der Waals surface area contributed by atoms with Gasteiger partial charge >= 0.3 is 0 Å². The molecule has 2 aromatic heterocycles. The molecule has 0 atom stereocenters. The summed E-state index contributed by atoms with van der Waals surface area (Å²) in [6, 6.07) is 1.85. The van der Waals surface area contributed by atoms with Crippen LogP contribution >= 0.6 is 0 Å². The molecule has 7 nitrogen and oxygen atoms in total. The topological polar surface area (TPSA) is 69.0 Å². The second-order valence-electron chi connectivity index (χ2n) is 4.09. The lowest BCUT2D eigenvalue weighted by molar-refractivity contribution is 0.121. The third-order valence-corrected chi connectivity index (χ3v) is 2.88.